The van der Waals surface area contributed by atoms with E-state index in [0.29, 0.717) is 5.56 Å². The summed E-state index contributed by atoms with van der Waals surface area (Å²) in [5.41, 5.74) is -0.489. The zero-order chi connectivity index (χ0) is 58.4. The largest absolute Gasteiger partial charge is 0.493 e. The van der Waals surface area contributed by atoms with Crippen molar-refractivity contribution in [3.63, 3.8) is 0 Å². The smallest absolute Gasteiger partial charge is 0.296 e. The molecule has 7 N–H and O–H groups in total. The Hall–Kier alpha value is -6.76. The maximum absolute atomic E-state index is 12.5. The molecule has 8 aromatic rings. The normalized spacial score (nSPS) is 13.1. The lowest BCUT2D eigenvalue weighted by molar-refractivity contribution is 0.282. The molecule has 3 aromatic heterocycles. The van der Waals surface area contributed by atoms with Crippen molar-refractivity contribution in [3.8, 4) is 17.7 Å². The summed E-state index contributed by atoms with van der Waals surface area (Å²) in [5, 5.41) is 57.9. The Morgan fingerprint density at radius 3 is 2.05 bits per heavy atom. The molecule has 36 heteroatoms. The highest BCUT2D eigenvalue weighted by molar-refractivity contribution is 7.99. The topological polar surface area (TPSA) is 450 Å². The van der Waals surface area contributed by atoms with Gasteiger partial charge in [-0.1, -0.05) is 29.0 Å². The molecule has 0 saturated heterocycles. The third-order valence-corrected chi connectivity index (χ3v) is 18.0. The number of thioether (sulfide) groups is 1. The van der Waals surface area contributed by atoms with Crippen molar-refractivity contribution >= 4 is 157 Å². The summed E-state index contributed by atoms with van der Waals surface area (Å²) >= 11 is 8.20. The van der Waals surface area contributed by atoms with Gasteiger partial charge in [-0.2, -0.15) is 52.5 Å². The SMILES string of the molecule is Cc1cc(N=Nc2c(C)c(C#N)c3nc4cc(S(=O)(=O)O)cc(Cl)c4n3c2O)c(OCCCS(=O)(=O)O)cc1N=Nc1cc(CO)c(N=Nc2nc3c(S(=O)(=O)O)cc4ccc(S(=O)(=O)O)cc4c3s2)cc1SCCCS(=O)(=O)O. The molecule has 0 atom stereocenters. The number of ether oxygens (including phenoxy) is 1. The van der Waals surface area contributed by atoms with Gasteiger partial charge in [0, 0.05) is 27.5 Å². The van der Waals surface area contributed by atoms with Crippen LogP contribution in [0.5, 0.6) is 11.6 Å². The molecule has 0 unspecified atom stereocenters. The van der Waals surface area contributed by atoms with E-state index in [1.165, 1.54) is 37.3 Å². The molecule has 0 aliphatic carbocycles. The molecule has 3 heterocycles. The Labute approximate surface area is 465 Å². The lowest BCUT2D eigenvalue weighted by atomic mass is 10.1. The van der Waals surface area contributed by atoms with Gasteiger partial charge in [-0.3, -0.25) is 27.2 Å². The monoisotopic (exact) mass is 1250 g/mol. The molecule has 0 saturated carbocycles. The Kier molecular flexibility index (Phi) is 16.8. The van der Waals surface area contributed by atoms with Crippen molar-refractivity contribution in [1.82, 2.24) is 14.4 Å². The number of pyridine rings is 1. The molecule has 0 radical (unpaired) electrons. The molecule has 0 fully saturated rings. The zero-order valence-electron chi connectivity index (χ0n) is 40.6. The second-order valence-electron chi connectivity index (χ2n) is 17.0. The minimum Gasteiger partial charge on any atom is -0.493 e. The lowest BCUT2D eigenvalue weighted by Crippen LogP contribution is -2.08. The molecule has 80 heavy (non-hydrogen) atoms. The summed E-state index contributed by atoms with van der Waals surface area (Å²) in [6.07, 6.45) is -0.282. The van der Waals surface area contributed by atoms with Gasteiger partial charge in [-0.05, 0) is 91.9 Å². The first-order valence-electron chi connectivity index (χ1n) is 22.3. The van der Waals surface area contributed by atoms with Crippen molar-refractivity contribution in [2.45, 2.75) is 52.9 Å². The molecule has 8 rings (SSSR count). The van der Waals surface area contributed by atoms with Crippen LogP contribution in [0.15, 0.2) is 111 Å². The molecule has 0 aliphatic rings. The van der Waals surface area contributed by atoms with Crippen LogP contribution in [0.4, 0.5) is 33.6 Å². The summed E-state index contributed by atoms with van der Waals surface area (Å²) in [6, 6.07) is 13.7. The highest BCUT2D eigenvalue weighted by Crippen LogP contribution is 2.45. The summed E-state index contributed by atoms with van der Waals surface area (Å²) < 4.78 is 174. The summed E-state index contributed by atoms with van der Waals surface area (Å²) in [5.74, 6) is -2.00. The van der Waals surface area contributed by atoms with Crippen LogP contribution in [0.1, 0.15) is 35.1 Å². The van der Waals surface area contributed by atoms with Crippen molar-refractivity contribution in [1.29, 1.82) is 5.26 Å². The van der Waals surface area contributed by atoms with Crippen LogP contribution in [0.2, 0.25) is 5.02 Å². The number of rotatable bonds is 20. The minimum atomic E-state index is -4.92. The predicted molar refractivity (Wildman–Crippen MR) is 290 cm³/mol. The van der Waals surface area contributed by atoms with E-state index in [1.54, 1.807) is 6.92 Å². The van der Waals surface area contributed by atoms with E-state index in [0.717, 1.165) is 57.8 Å². The van der Waals surface area contributed by atoms with E-state index >= 15 is 0 Å². The van der Waals surface area contributed by atoms with E-state index in [1.807, 2.05) is 6.07 Å². The van der Waals surface area contributed by atoms with E-state index in [2.05, 4.69) is 40.7 Å². The highest BCUT2D eigenvalue weighted by Gasteiger charge is 2.26. The molecule has 5 aromatic carbocycles. The number of aliphatic hydroxyl groups excluding tert-OH is 1. The third kappa shape index (κ3) is 13.2. The average molecular weight is 1250 g/mol. The molecule has 420 valence electrons. The van der Waals surface area contributed by atoms with Gasteiger partial charge in [0.15, 0.2) is 11.3 Å². The van der Waals surface area contributed by atoms with Crippen LogP contribution in [-0.2, 0) is 57.2 Å². The fourth-order valence-electron chi connectivity index (χ4n) is 7.73. The van der Waals surface area contributed by atoms with Gasteiger partial charge in [0.25, 0.3) is 50.6 Å². The second-order valence-corrected chi connectivity index (χ2v) is 26.9. The van der Waals surface area contributed by atoms with Gasteiger partial charge in [0.05, 0.1) is 72.3 Å². The van der Waals surface area contributed by atoms with Gasteiger partial charge in [0.1, 0.15) is 33.5 Å². The van der Waals surface area contributed by atoms with Crippen molar-refractivity contribution in [2.24, 2.45) is 30.7 Å². The van der Waals surface area contributed by atoms with E-state index in [9.17, 15) is 80.3 Å². The number of thiazole rings is 1. The number of azo groups is 3. The lowest BCUT2D eigenvalue weighted by Gasteiger charge is -2.12. The number of halogens is 1. The molecular formula is C44H37ClN10O18S7. The Morgan fingerprint density at radius 1 is 0.738 bits per heavy atom. The standard InChI is InChI=1S/C44H37ClN10O18S7/c1-21-11-32(51-53-38-22(2)28(19-46)42-47-34-16-26(79(67,68)69)15-29(45)40(34)55(42)43(38)57)35(73-7-3-9-76(58,59)60)17-30(21)49-52-33-12-24(20-56)31(18-36(33)74-8-4-10-77(61,62)63)50-54-44-48-39-37(80(70,71)72)13-23-5-6-25(78(64,65)66)14-27(23)41(39)75-44/h5-6,11-18,56-57H,3-4,7-10,20H2,1-2H3,(H,58,59,60)(H,61,62,63)(H,64,65,66)(H,67,68,69)(H,70,71,72). The fourth-order valence-corrected chi connectivity index (χ4v) is 12.9. The molecule has 0 spiro atoms. The third-order valence-electron chi connectivity index (χ3n) is 11.4. The molecular weight excluding hydrogens is 1220 g/mol. The van der Waals surface area contributed by atoms with Crippen LogP contribution >= 0.6 is 34.7 Å². The summed E-state index contributed by atoms with van der Waals surface area (Å²) in [4.78, 5) is 6.99. The maximum atomic E-state index is 12.5. The minimum absolute atomic E-state index is 0.0131. The molecule has 28 nitrogen and oxygen atoms in total. The molecule has 0 aliphatic heterocycles. The van der Waals surface area contributed by atoms with Gasteiger partial charge in [-0.25, -0.2) is 9.97 Å². The number of aromatic hydroxyl groups is 1. The van der Waals surface area contributed by atoms with Crippen LogP contribution in [0, 0.1) is 25.2 Å². The van der Waals surface area contributed by atoms with E-state index < -0.39 is 89.3 Å². The average Bonchev–Trinajstić information content (AvgIpc) is 4.16. The van der Waals surface area contributed by atoms with Crippen LogP contribution in [0.25, 0.3) is 37.7 Å². The Bertz CT molecular complexity index is 4640. The highest BCUT2D eigenvalue weighted by atomic mass is 35.5. The number of aryl methyl sites for hydroxylation is 1. The Balaban J connectivity index is 1.19. The molecule has 0 amide bonds. The van der Waals surface area contributed by atoms with Crippen LogP contribution in [-0.4, -0.2) is 113 Å². The number of hydrogen-bond acceptors (Lipinski definition) is 24. The second kappa shape index (κ2) is 22.6. The number of aromatic nitrogens is 3. The van der Waals surface area contributed by atoms with Crippen LogP contribution in [0.3, 0.4) is 0 Å². The number of imidazole rings is 1. The van der Waals surface area contributed by atoms with Crippen molar-refractivity contribution in [3.05, 3.63) is 87.9 Å². The van der Waals surface area contributed by atoms with E-state index in [-0.39, 0.29) is 129 Å². The number of fused-ring (bicyclic) bond motifs is 6. The number of aliphatic hydroxyl groups is 1. The van der Waals surface area contributed by atoms with Crippen LogP contribution < -0.4 is 4.74 Å². The van der Waals surface area contributed by atoms with Gasteiger partial charge < -0.3 is 14.9 Å². The Morgan fingerprint density at radius 2 is 1.40 bits per heavy atom. The number of nitriles is 1. The van der Waals surface area contributed by atoms with Gasteiger partial charge in [-0.15, -0.1) is 37.3 Å². The number of nitrogens with zero attached hydrogens (tertiary/aromatic N) is 10. The predicted octanol–water partition coefficient (Wildman–Crippen LogP) is 9.60. The summed E-state index contributed by atoms with van der Waals surface area (Å²) in [7, 11) is -23.2. The maximum Gasteiger partial charge on any atom is 0.296 e. The van der Waals surface area contributed by atoms with Gasteiger partial charge in [0.2, 0.25) is 11.0 Å². The van der Waals surface area contributed by atoms with Crippen molar-refractivity contribution in [2.75, 3.05) is 23.9 Å². The first-order valence-corrected chi connectivity index (χ1v) is 32.0. The van der Waals surface area contributed by atoms with Gasteiger partial charge >= 0.3 is 0 Å². The van der Waals surface area contributed by atoms with Crippen molar-refractivity contribution < 1.29 is 79.8 Å². The number of hydrogen-bond donors (Lipinski definition) is 7. The zero-order valence-corrected chi connectivity index (χ0v) is 47.0. The first kappa shape index (κ1) is 59.4. The van der Waals surface area contributed by atoms with E-state index in [4.69, 9.17) is 16.3 Å². The summed E-state index contributed by atoms with van der Waals surface area (Å²) in [6.45, 7) is 1.97. The quantitative estimate of drug-likeness (QED) is 0.0161. The number of benzene rings is 5. The fraction of sp³-hybridized carbons (Fsp3) is 0.205. The first-order chi connectivity index (χ1) is 37.3. The molecule has 0 bridgehead atoms.